The minimum Gasteiger partial charge on any atom is -0.481 e. The summed E-state index contributed by atoms with van der Waals surface area (Å²) in [5.41, 5.74) is 5.38. The van der Waals surface area contributed by atoms with Crippen LogP contribution in [0.1, 0.15) is 19.8 Å². The molecule has 3 N–H and O–H groups in total. The van der Waals surface area contributed by atoms with Crippen molar-refractivity contribution in [2.75, 3.05) is 27.9 Å². The Morgan fingerprint density at radius 2 is 1.56 bits per heavy atom. The van der Waals surface area contributed by atoms with Gasteiger partial charge < -0.3 is 24.1 Å². The second-order valence-corrected chi connectivity index (χ2v) is 6.15. The van der Waals surface area contributed by atoms with Gasteiger partial charge in [0.05, 0.1) is 0 Å². The third-order valence-corrected chi connectivity index (χ3v) is 4.70. The fraction of sp³-hybridized carbons (Fsp3) is 0.889. The Hall–Kier alpha value is -0.473. The van der Waals surface area contributed by atoms with E-state index in [4.69, 9.17) is 28.9 Å². The molecule has 0 aliphatic carbocycles. The van der Waals surface area contributed by atoms with Crippen molar-refractivity contribution in [1.29, 1.82) is 0 Å². The van der Waals surface area contributed by atoms with E-state index in [0.29, 0.717) is 6.54 Å². The third-order valence-electron chi connectivity index (χ3n) is 1.87. The van der Waals surface area contributed by atoms with E-state index in [9.17, 15) is 0 Å². The summed E-state index contributed by atoms with van der Waals surface area (Å²) in [6.45, 7) is 1.79. The minimum absolute atomic E-state index is 0.710. The molecule has 0 unspecified atom stereocenters. The smallest absolute Gasteiger partial charge is 0.481 e. The highest BCUT2D eigenvalue weighted by Gasteiger charge is 2.36. The van der Waals surface area contributed by atoms with Crippen LogP contribution < -0.4 is 5.73 Å². The second-order valence-electron chi connectivity index (χ2n) is 3.06. The maximum atomic E-state index is 9.00. The molecule has 0 aromatic carbocycles. The van der Waals surface area contributed by atoms with Crippen LogP contribution in [0.3, 0.4) is 0 Å². The molecule has 98 valence electrons. The summed E-state index contributed by atoms with van der Waals surface area (Å²) in [4.78, 5) is 9.00. The lowest BCUT2D eigenvalue weighted by Crippen LogP contribution is -2.42. The summed E-state index contributed by atoms with van der Waals surface area (Å²) in [5.74, 6) is -0.833. The van der Waals surface area contributed by atoms with Crippen LogP contribution in [-0.4, -0.2) is 47.8 Å². The van der Waals surface area contributed by atoms with E-state index in [2.05, 4.69) is 0 Å². The van der Waals surface area contributed by atoms with Gasteiger partial charge >= 0.3 is 8.80 Å². The summed E-state index contributed by atoms with van der Waals surface area (Å²) >= 11 is 0. The molecular formula is C9H23NO5Si. The number of hydrogen-bond acceptors (Lipinski definition) is 5. The molecule has 7 heteroatoms. The van der Waals surface area contributed by atoms with Gasteiger partial charge in [0.15, 0.2) is 0 Å². The van der Waals surface area contributed by atoms with Gasteiger partial charge in [0.1, 0.15) is 0 Å². The number of carboxylic acid groups (broad SMARTS) is 1. The average molecular weight is 253 g/mol. The standard InChI is InChI=1S/C7H19NO3Si.C2H4O2/c1-9-12(10-2,11-3)7-5-4-6-8;1-2(3)4/h4-8H2,1-3H3;1H3,(H,3,4). The lowest BCUT2D eigenvalue weighted by atomic mass is 10.3. The van der Waals surface area contributed by atoms with Crippen LogP contribution in [0.5, 0.6) is 0 Å². The van der Waals surface area contributed by atoms with Gasteiger partial charge in [-0.1, -0.05) is 0 Å². The Morgan fingerprint density at radius 1 is 1.19 bits per heavy atom. The zero-order chi connectivity index (χ0) is 13.0. The molecule has 0 aromatic rings. The number of rotatable bonds is 7. The number of unbranched alkanes of at least 4 members (excludes halogenated alkanes) is 1. The molecule has 0 fully saturated rings. The highest BCUT2D eigenvalue weighted by molar-refractivity contribution is 6.60. The zero-order valence-corrected chi connectivity index (χ0v) is 11.5. The molecule has 0 aromatic heterocycles. The van der Waals surface area contributed by atoms with Crippen molar-refractivity contribution in [3.63, 3.8) is 0 Å². The van der Waals surface area contributed by atoms with Gasteiger partial charge in [-0.15, -0.1) is 0 Å². The first kappa shape index (κ1) is 17.9. The quantitative estimate of drug-likeness (QED) is 0.512. The van der Waals surface area contributed by atoms with Crippen molar-refractivity contribution in [3.05, 3.63) is 0 Å². The summed E-state index contributed by atoms with van der Waals surface area (Å²) in [5, 5.41) is 7.42. The normalized spacial score (nSPS) is 10.6. The molecule has 0 rings (SSSR count). The molecule has 0 aliphatic rings. The maximum absolute atomic E-state index is 9.00. The van der Waals surface area contributed by atoms with Crippen molar-refractivity contribution >= 4 is 14.8 Å². The first-order valence-electron chi connectivity index (χ1n) is 5.03. The fourth-order valence-electron chi connectivity index (χ4n) is 1.04. The minimum atomic E-state index is -2.31. The van der Waals surface area contributed by atoms with E-state index in [1.165, 1.54) is 0 Å². The lowest BCUT2D eigenvalue weighted by molar-refractivity contribution is -0.134. The van der Waals surface area contributed by atoms with Gasteiger partial charge in [0.25, 0.3) is 5.97 Å². The van der Waals surface area contributed by atoms with Gasteiger partial charge in [-0.3, -0.25) is 4.79 Å². The Balaban J connectivity index is 0. The molecule has 0 saturated heterocycles. The second kappa shape index (κ2) is 11.0. The predicted octanol–water partition coefficient (Wildman–Crippen LogP) is 0.694. The molecular weight excluding hydrogens is 230 g/mol. The lowest BCUT2D eigenvalue weighted by Gasteiger charge is -2.23. The molecule has 0 amide bonds. The maximum Gasteiger partial charge on any atom is 0.500 e. The molecule has 0 heterocycles. The first-order chi connectivity index (χ1) is 7.47. The molecule has 0 bridgehead atoms. The zero-order valence-electron chi connectivity index (χ0n) is 10.5. The fourth-order valence-corrected chi connectivity index (χ4v) is 2.84. The topological polar surface area (TPSA) is 91.0 Å². The van der Waals surface area contributed by atoms with Crippen LogP contribution in [-0.2, 0) is 18.1 Å². The molecule has 16 heavy (non-hydrogen) atoms. The summed E-state index contributed by atoms with van der Waals surface area (Å²) < 4.78 is 15.7. The number of aliphatic carboxylic acids is 1. The van der Waals surface area contributed by atoms with Gasteiger partial charge in [-0.05, 0) is 19.4 Å². The molecule has 0 aliphatic heterocycles. The highest BCUT2D eigenvalue weighted by Crippen LogP contribution is 2.15. The van der Waals surface area contributed by atoms with Crippen LogP contribution >= 0.6 is 0 Å². The average Bonchev–Trinajstić information content (AvgIpc) is 2.25. The Labute approximate surface area is 98.1 Å². The van der Waals surface area contributed by atoms with E-state index in [1.54, 1.807) is 21.3 Å². The predicted molar refractivity (Wildman–Crippen MR) is 63.2 cm³/mol. The van der Waals surface area contributed by atoms with E-state index in [-0.39, 0.29) is 0 Å². The van der Waals surface area contributed by atoms with E-state index < -0.39 is 14.8 Å². The van der Waals surface area contributed by atoms with Crippen molar-refractivity contribution in [2.24, 2.45) is 5.73 Å². The number of carboxylic acids is 1. The van der Waals surface area contributed by atoms with Gasteiger partial charge in [0.2, 0.25) is 0 Å². The van der Waals surface area contributed by atoms with Crippen LogP contribution in [0.15, 0.2) is 0 Å². The summed E-state index contributed by atoms with van der Waals surface area (Å²) in [7, 11) is 2.57. The van der Waals surface area contributed by atoms with Gasteiger partial charge in [0, 0.05) is 34.3 Å². The van der Waals surface area contributed by atoms with Crippen LogP contribution in [0.25, 0.3) is 0 Å². The van der Waals surface area contributed by atoms with Gasteiger partial charge in [-0.2, -0.15) is 0 Å². The van der Waals surface area contributed by atoms with E-state index >= 15 is 0 Å². The number of carbonyl (C=O) groups is 1. The largest absolute Gasteiger partial charge is 0.500 e. The third kappa shape index (κ3) is 10.1. The highest BCUT2D eigenvalue weighted by atomic mass is 28.4. The van der Waals surface area contributed by atoms with Crippen LogP contribution in [0.4, 0.5) is 0 Å². The number of nitrogens with two attached hydrogens (primary N) is 1. The Bertz CT molecular complexity index is 163. The molecule has 6 nitrogen and oxygen atoms in total. The van der Waals surface area contributed by atoms with Crippen molar-refractivity contribution in [1.82, 2.24) is 0 Å². The van der Waals surface area contributed by atoms with Gasteiger partial charge in [-0.25, -0.2) is 0 Å². The summed E-state index contributed by atoms with van der Waals surface area (Å²) in [6.07, 6.45) is 1.99. The Morgan fingerprint density at radius 3 is 1.81 bits per heavy atom. The van der Waals surface area contributed by atoms with Crippen molar-refractivity contribution in [2.45, 2.75) is 25.8 Å². The Kier molecular flexibility index (Phi) is 12.3. The van der Waals surface area contributed by atoms with E-state index in [1.807, 2.05) is 0 Å². The molecule has 0 saturated carbocycles. The van der Waals surface area contributed by atoms with Crippen LogP contribution in [0.2, 0.25) is 6.04 Å². The van der Waals surface area contributed by atoms with E-state index in [0.717, 1.165) is 25.8 Å². The monoisotopic (exact) mass is 253 g/mol. The molecule has 0 spiro atoms. The van der Waals surface area contributed by atoms with Crippen LogP contribution in [0, 0.1) is 0 Å². The molecule has 0 radical (unpaired) electrons. The number of hydrogen-bond donors (Lipinski definition) is 2. The molecule has 0 atom stereocenters. The van der Waals surface area contributed by atoms with Crippen molar-refractivity contribution < 1.29 is 23.2 Å². The van der Waals surface area contributed by atoms with Crippen molar-refractivity contribution in [3.8, 4) is 0 Å². The first-order valence-corrected chi connectivity index (χ1v) is 6.96. The summed E-state index contributed by atoms with van der Waals surface area (Å²) in [6, 6.07) is 0.841. The SMILES string of the molecule is CC(=O)O.CO[Si](CCCCN)(OC)OC.